The quantitative estimate of drug-likeness (QED) is 0.845. The van der Waals surface area contributed by atoms with Gasteiger partial charge in [-0.2, -0.15) is 0 Å². The van der Waals surface area contributed by atoms with Crippen LogP contribution in [0.2, 0.25) is 0 Å². The fraction of sp³-hybridized carbons (Fsp3) is 0.588. The predicted octanol–water partition coefficient (Wildman–Crippen LogP) is 1.76. The molecule has 7 heteroatoms. The van der Waals surface area contributed by atoms with Gasteiger partial charge in [-0.3, -0.25) is 4.79 Å². The van der Waals surface area contributed by atoms with Crippen LogP contribution in [0.4, 0.5) is 0 Å². The first kappa shape index (κ1) is 18.7. The first-order valence-corrected chi connectivity index (χ1v) is 10.1. The first-order valence-electron chi connectivity index (χ1n) is 8.24. The Bertz CT molecular complexity index is 673. The van der Waals surface area contributed by atoms with Crippen molar-refractivity contribution in [1.29, 1.82) is 0 Å². The van der Waals surface area contributed by atoms with Crippen LogP contribution in [0.3, 0.4) is 0 Å². The predicted molar refractivity (Wildman–Crippen MR) is 93.2 cm³/mol. The number of piperidine rings is 1. The summed E-state index contributed by atoms with van der Waals surface area (Å²) < 4.78 is 30.3. The Kier molecular flexibility index (Phi) is 6.23. The van der Waals surface area contributed by atoms with Crippen LogP contribution in [0.15, 0.2) is 24.3 Å². The van der Waals surface area contributed by atoms with Crippen LogP contribution < -0.4 is 10.1 Å². The number of nitrogens with zero attached hydrogens (tertiary/aromatic N) is 1. The van der Waals surface area contributed by atoms with Crippen molar-refractivity contribution >= 4 is 15.9 Å². The molecule has 1 aliphatic rings. The summed E-state index contributed by atoms with van der Waals surface area (Å²) in [7, 11) is -3.24. The molecule has 0 aliphatic carbocycles. The molecule has 1 aromatic carbocycles. The van der Waals surface area contributed by atoms with E-state index in [0.717, 1.165) is 11.3 Å². The molecule has 134 valence electrons. The van der Waals surface area contributed by atoms with E-state index in [4.69, 9.17) is 4.74 Å². The molecule has 0 bridgehead atoms. The van der Waals surface area contributed by atoms with Gasteiger partial charge in [0.15, 0.2) is 0 Å². The van der Waals surface area contributed by atoms with E-state index in [-0.39, 0.29) is 24.5 Å². The maximum atomic E-state index is 12.3. The van der Waals surface area contributed by atoms with Crippen molar-refractivity contribution in [2.45, 2.75) is 39.3 Å². The Balaban J connectivity index is 1.91. The van der Waals surface area contributed by atoms with E-state index in [1.54, 1.807) is 0 Å². The third-order valence-corrected chi connectivity index (χ3v) is 5.23. The summed E-state index contributed by atoms with van der Waals surface area (Å²) >= 11 is 0. The minimum Gasteiger partial charge on any atom is -0.491 e. The average Bonchev–Trinajstić information content (AvgIpc) is 2.51. The third-order valence-electron chi connectivity index (χ3n) is 3.96. The van der Waals surface area contributed by atoms with Crippen LogP contribution in [-0.4, -0.2) is 44.1 Å². The first-order chi connectivity index (χ1) is 11.3. The van der Waals surface area contributed by atoms with Gasteiger partial charge in [0.1, 0.15) is 5.75 Å². The van der Waals surface area contributed by atoms with Gasteiger partial charge < -0.3 is 10.1 Å². The van der Waals surface area contributed by atoms with Crippen LogP contribution >= 0.6 is 0 Å². The molecule has 1 aromatic rings. The highest BCUT2D eigenvalue weighted by Crippen LogP contribution is 2.19. The zero-order valence-corrected chi connectivity index (χ0v) is 15.3. The van der Waals surface area contributed by atoms with Crippen LogP contribution in [0.1, 0.15) is 32.3 Å². The maximum absolute atomic E-state index is 12.3. The number of carbonyl (C=O) groups excluding carboxylic acids is 1. The fourth-order valence-corrected chi connectivity index (χ4v) is 3.70. The zero-order valence-electron chi connectivity index (χ0n) is 14.5. The van der Waals surface area contributed by atoms with E-state index in [1.165, 1.54) is 10.6 Å². The van der Waals surface area contributed by atoms with Crippen molar-refractivity contribution in [3.8, 4) is 5.75 Å². The minimum absolute atomic E-state index is 0.0963. The molecule has 0 unspecified atom stereocenters. The molecule has 0 spiro atoms. The lowest BCUT2D eigenvalue weighted by molar-refractivity contribution is -0.126. The van der Waals surface area contributed by atoms with E-state index in [1.807, 2.05) is 38.1 Å². The largest absolute Gasteiger partial charge is 0.491 e. The third kappa shape index (κ3) is 5.49. The van der Waals surface area contributed by atoms with Crippen LogP contribution in [-0.2, 0) is 21.4 Å². The van der Waals surface area contributed by atoms with E-state index in [9.17, 15) is 13.2 Å². The number of nitrogens with one attached hydrogen (secondary N) is 1. The lowest BCUT2D eigenvalue weighted by Gasteiger charge is -2.30. The highest BCUT2D eigenvalue weighted by atomic mass is 32.2. The normalized spacial score (nSPS) is 19.2. The Hall–Kier alpha value is -1.60. The maximum Gasteiger partial charge on any atom is 0.224 e. The van der Waals surface area contributed by atoms with Gasteiger partial charge in [-0.05, 0) is 44.4 Å². The molecule has 0 saturated carbocycles. The van der Waals surface area contributed by atoms with Crippen molar-refractivity contribution in [3.63, 3.8) is 0 Å². The smallest absolute Gasteiger partial charge is 0.224 e. The van der Waals surface area contributed by atoms with Crippen molar-refractivity contribution in [3.05, 3.63) is 29.8 Å². The van der Waals surface area contributed by atoms with Gasteiger partial charge in [0.25, 0.3) is 0 Å². The average molecular weight is 354 g/mol. The number of sulfonamides is 1. The van der Waals surface area contributed by atoms with Crippen LogP contribution in [0.25, 0.3) is 0 Å². The summed E-state index contributed by atoms with van der Waals surface area (Å²) in [5, 5.41) is 2.91. The van der Waals surface area contributed by atoms with Gasteiger partial charge >= 0.3 is 0 Å². The highest BCUT2D eigenvalue weighted by Gasteiger charge is 2.29. The molecule has 0 aromatic heterocycles. The van der Waals surface area contributed by atoms with E-state index >= 15 is 0 Å². The van der Waals surface area contributed by atoms with Gasteiger partial charge in [0.05, 0.1) is 18.3 Å². The Morgan fingerprint density at radius 1 is 1.42 bits per heavy atom. The molecule has 6 nitrogen and oxygen atoms in total. The van der Waals surface area contributed by atoms with E-state index in [2.05, 4.69) is 5.32 Å². The number of hydrogen-bond acceptors (Lipinski definition) is 4. The van der Waals surface area contributed by atoms with E-state index in [0.29, 0.717) is 25.9 Å². The van der Waals surface area contributed by atoms with Gasteiger partial charge in [-0.15, -0.1) is 0 Å². The topological polar surface area (TPSA) is 75.7 Å². The summed E-state index contributed by atoms with van der Waals surface area (Å²) in [6, 6.07) is 7.61. The lowest BCUT2D eigenvalue weighted by Crippen LogP contribution is -2.44. The van der Waals surface area contributed by atoms with E-state index < -0.39 is 10.0 Å². The number of carbonyl (C=O) groups is 1. The molecule has 2 rings (SSSR count). The molecular weight excluding hydrogens is 328 g/mol. The standard InChI is InChI=1S/C17H26N2O4S/c1-13(2)23-16-8-4-6-14(10-16)11-18-17(20)15-7-5-9-19(12-15)24(3,21)22/h4,6,8,10,13,15H,5,7,9,11-12H2,1-3H3,(H,18,20)/t15-/m1/s1. The Labute approximate surface area is 144 Å². The fourth-order valence-electron chi connectivity index (χ4n) is 2.79. The Morgan fingerprint density at radius 2 is 2.17 bits per heavy atom. The molecule has 24 heavy (non-hydrogen) atoms. The number of rotatable bonds is 6. The molecule has 1 fully saturated rings. The molecule has 1 aliphatic heterocycles. The summed E-state index contributed by atoms with van der Waals surface area (Å²) in [4.78, 5) is 12.3. The van der Waals surface area contributed by atoms with Crippen LogP contribution in [0.5, 0.6) is 5.75 Å². The van der Waals surface area contributed by atoms with Crippen molar-refractivity contribution in [1.82, 2.24) is 9.62 Å². The highest BCUT2D eigenvalue weighted by molar-refractivity contribution is 7.88. The monoisotopic (exact) mass is 354 g/mol. The molecule has 1 heterocycles. The number of hydrogen-bond donors (Lipinski definition) is 1. The summed E-state index contributed by atoms with van der Waals surface area (Å²) in [6.07, 6.45) is 2.71. The molecule has 1 N–H and O–H groups in total. The van der Waals surface area contributed by atoms with Gasteiger partial charge in [0, 0.05) is 19.6 Å². The second kappa shape index (κ2) is 7.98. The van der Waals surface area contributed by atoms with Crippen LogP contribution in [0, 0.1) is 5.92 Å². The molecular formula is C17H26N2O4S. The minimum atomic E-state index is -3.24. The van der Waals surface area contributed by atoms with Gasteiger partial charge in [-0.25, -0.2) is 12.7 Å². The molecule has 0 radical (unpaired) electrons. The van der Waals surface area contributed by atoms with Crippen molar-refractivity contribution < 1.29 is 17.9 Å². The molecule has 1 amide bonds. The lowest BCUT2D eigenvalue weighted by atomic mass is 9.99. The molecule has 1 atom stereocenters. The Morgan fingerprint density at radius 3 is 2.83 bits per heavy atom. The summed E-state index contributed by atoms with van der Waals surface area (Å²) in [5.74, 6) is 0.389. The number of benzene rings is 1. The second-order valence-electron chi connectivity index (χ2n) is 6.49. The van der Waals surface area contributed by atoms with Gasteiger partial charge in [0.2, 0.25) is 15.9 Å². The van der Waals surface area contributed by atoms with Gasteiger partial charge in [-0.1, -0.05) is 12.1 Å². The zero-order chi connectivity index (χ0) is 17.7. The summed E-state index contributed by atoms with van der Waals surface area (Å²) in [5.41, 5.74) is 0.956. The van der Waals surface area contributed by atoms with Crippen molar-refractivity contribution in [2.24, 2.45) is 5.92 Å². The number of amides is 1. The summed E-state index contributed by atoms with van der Waals surface area (Å²) in [6.45, 7) is 5.10. The SMILES string of the molecule is CC(C)Oc1cccc(CNC(=O)[C@@H]2CCCN(S(C)(=O)=O)C2)c1. The molecule has 1 saturated heterocycles. The second-order valence-corrected chi connectivity index (χ2v) is 8.47. The van der Waals surface area contributed by atoms with Crippen molar-refractivity contribution in [2.75, 3.05) is 19.3 Å². The number of ether oxygens (including phenoxy) is 1.